The van der Waals surface area contributed by atoms with Crippen molar-refractivity contribution in [2.24, 2.45) is 5.92 Å². The van der Waals surface area contributed by atoms with E-state index in [0.29, 0.717) is 11.6 Å². The van der Waals surface area contributed by atoms with Crippen LogP contribution in [0.1, 0.15) is 57.4 Å². The third-order valence-corrected chi connectivity index (χ3v) is 7.34. The van der Waals surface area contributed by atoms with Gasteiger partial charge in [0, 0.05) is 29.7 Å². The maximum Gasteiger partial charge on any atom is 0.244 e. The second kappa shape index (κ2) is 11.9. The monoisotopic (exact) mass is 431 g/mol. The van der Waals surface area contributed by atoms with Crippen LogP contribution >= 0.6 is 11.6 Å². The highest BCUT2D eigenvalue weighted by Crippen LogP contribution is 2.30. The summed E-state index contributed by atoms with van der Waals surface area (Å²) in [6, 6.07) is 9.06. The summed E-state index contributed by atoms with van der Waals surface area (Å²) in [5.41, 5.74) is 0.866. The van der Waals surface area contributed by atoms with Gasteiger partial charge in [0.25, 0.3) is 0 Å². The van der Waals surface area contributed by atoms with E-state index in [9.17, 15) is 4.79 Å². The highest BCUT2D eigenvalue weighted by molar-refractivity contribution is 6.32. The molecule has 1 saturated carbocycles. The third kappa shape index (κ3) is 6.83. The zero-order valence-corrected chi connectivity index (χ0v) is 19.4. The zero-order chi connectivity index (χ0) is 21.3. The lowest BCUT2D eigenvalue weighted by atomic mass is 9.84. The first-order valence-corrected chi connectivity index (χ1v) is 12.1. The first kappa shape index (κ1) is 23.3. The second-order valence-electron chi connectivity index (χ2n) is 9.07. The maximum absolute atomic E-state index is 12.0. The molecule has 30 heavy (non-hydrogen) atoms. The molecule has 0 bridgehead atoms. The first-order valence-electron chi connectivity index (χ1n) is 11.7. The molecule has 0 unspecified atom stereocenters. The van der Waals surface area contributed by atoms with Gasteiger partial charge in [-0.2, -0.15) is 0 Å². The standard InChI is InChI=1S/C25H38ClN3O/c1-20-8-3-6-11-24(20)28(2)22-14-18-29(19-15-22)17-7-16-27-25(30)13-12-21-9-4-5-10-23(21)26/h4-5,9-10,12-13,20,22,24H,3,6-8,11,14-19H2,1-2H3,(H,27,30)/b13-12+/t20-,24+/m0/s1. The molecule has 2 fully saturated rings. The molecule has 4 nitrogen and oxygen atoms in total. The molecule has 1 aromatic carbocycles. The van der Waals surface area contributed by atoms with Crippen LogP contribution in [0.4, 0.5) is 0 Å². The van der Waals surface area contributed by atoms with Crippen LogP contribution in [0.25, 0.3) is 6.08 Å². The van der Waals surface area contributed by atoms with Gasteiger partial charge in [-0.25, -0.2) is 0 Å². The van der Waals surface area contributed by atoms with Crippen LogP contribution in [0, 0.1) is 5.92 Å². The van der Waals surface area contributed by atoms with E-state index in [4.69, 9.17) is 11.6 Å². The van der Waals surface area contributed by atoms with Crippen molar-refractivity contribution in [2.45, 2.75) is 64.0 Å². The number of likely N-dealkylation sites (tertiary alicyclic amines) is 1. The minimum atomic E-state index is -0.0585. The number of benzene rings is 1. The number of carbonyl (C=O) groups is 1. The van der Waals surface area contributed by atoms with Crippen LogP contribution in [0.3, 0.4) is 0 Å². The summed E-state index contributed by atoms with van der Waals surface area (Å²) in [5, 5.41) is 3.64. The van der Waals surface area contributed by atoms with Crippen LogP contribution in [0.15, 0.2) is 30.3 Å². The molecule has 166 valence electrons. The Hall–Kier alpha value is -1.36. The van der Waals surface area contributed by atoms with E-state index in [1.807, 2.05) is 24.3 Å². The van der Waals surface area contributed by atoms with Gasteiger partial charge in [0.15, 0.2) is 0 Å². The lowest BCUT2D eigenvalue weighted by molar-refractivity contribution is -0.116. The van der Waals surface area contributed by atoms with Gasteiger partial charge in [-0.1, -0.05) is 49.6 Å². The molecule has 1 amide bonds. The molecule has 1 aliphatic heterocycles. The van der Waals surface area contributed by atoms with E-state index in [1.54, 1.807) is 12.2 Å². The topological polar surface area (TPSA) is 35.6 Å². The SMILES string of the molecule is C[C@H]1CCCC[C@H]1N(C)C1CCN(CCCNC(=O)/C=C/c2ccccc2Cl)CC1. The van der Waals surface area contributed by atoms with E-state index >= 15 is 0 Å². The molecular weight excluding hydrogens is 394 g/mol. The highest BCUT2D eigenvalue weighted by Gasteiger charge is 2.31. The van der Waals surface area contributed by atoms with Gasteiger partial charge in [-0.3, -0.25) is 4.79 Å². The van der Waals surface area contributed by atoms with Crippen LogP contribution in [-0.4, -0.2) is 61.0 Å². The van der Waals surface area contributed by atoms with Gasteiger partial charge in [0.1, 0.15) is 0 Å². The molecule has 2 atom stereocenters. The summed E-state index contributed by atoms with van der Waals surface area (Å²) in [7, 11) is 2.36. The summed E-state index contributed by atoms with van der Waals surface area (Å²) in [4.78, 5) is 17.3. The Kier molecular flexibility index (Phi) is 9.23. The van der Waals surface area contributed by atoms with E-state index in [0.717, 1.165) is 36.5 Å². The molecule has 0 spiro atoms. The van der Waals surface area contributed by atoms with Crippen LogP contribution in [-0.2, 0) is 4.79 Å². The summed E-state index contributed by atoms with van der Waals surface area (Å²) >= 11 is 6.11. The van der Waals surface area contributed by atoms with Gasteiger partial charge in [-0.05, 0) is 82.4 Å². The van der Waals surface area contributed by atoms with Crippen molar-refractivity contribution in [3.8, 4) is 0 Å². The Morgan fingerprint density at radius 2 is 1.93 bits per heavy atom. The molecule has 1 heterocycles. The van der Waals surface area contributed by atoms with Crippen molar-refractivity contribution < 1.29 is 4.79 Å². The highest BCUT2D eigenvalue weighted by atomic mass is 35.5. The van der Waals surface area contributed by atoms with Crippen LogP contribution < -0.4 is 5.32 Å². The average molecular weight is 432 g/mol. The van der Waals surface area contributed by atoms with Gasteiger partial charge in [0.05, 0.1) is 0 Å². The zero-order valence-electron chi connectivity index (χ0n) is 18.7. The minimum Gasteiger partial charge on any atom is -0.353 e. The lowest BCUT2D eigenvalue weighted by Crippen LogP contribution is -2.50. The molecule has 1 N–H and O–H groups in total. The van der Waals surface area contributed by atoms with Crippen molar-refractivity contribution >= 4 is 23.6 Å². The number of rotatable bonds is 8. The van der Waals surface area contributed by atoms with Gasteiger partial charge >= 0.3 is 0 Å². The number of hydrogen-bond donors (Lipinski definition) is 1. The molecule has 2 aliphatic rings. The van der Waals surface area contributed by atoms with Crippen molar-refractivity contribution in [3.63, 3.8) is 0 Å². The van der Waals surface area contributed by atoms with Gasteiger partial charge < -0.3 is 15.1 Å². The number of nitrogens with one attached hydrogen (secondary N) is 1. The van der Waals surface area contributed by atoms with E-state index in [1.165, 1.54) is 51.6 Å². The predicted octanol–water partition coefficient (Wildman–Crippen LogP) is 4.83. The maximum atomic E-state index is 12.0. The molecule has 0 radical (unpaired) electrons. The number of carbonyl (C=O) groups excluding carboxylic acids is 1. The Labute approximate surface area is 187 Å². The largest absolute Gasteiger partial charge is 0.353 e. The Bertz CT molecular complexity index is 699. The number of amides is 1. The van der Waals surface area contributed by atoms with Crippen molar-refractivity contribution in [1.82, 2.24) is 15.1 Å². The molecule has 1 aromatic rings. The number of halogens is 1. The molecule has 3 rings (SSSR count). The summed E-state index contributed by atoms with van der Waals surface area (Å²) in [6.07, 6.45) is 12.5. The Morgan fingerprint density at radius 3 is 2.67 bits per heavy atom. The van der Waals surface area contributed by atoms with Gasteiger partial charge in [-0.15, -0.1) is 0 Å². The molecular formula is C25H38ClN3O. The minimum absolute atomic E-state index is 0.0585. The fourth-order valence-electron chi connectivity index (χ4n) is 5.07. The Morgan fingerprint density at radius 1 is 1.20 bits per heavy atom. The van der Waals surface area contributed by atoms with E-state index in [-0.39, 0.29) is 5.91 Å². The lowest BCUT2D eigenvalue weighted by Gasteiger charge is -2.44. The number of hydrogen-bond acceptors (Lipinski definition) is 3. The number of nitrogens with zero attached hydrogens (tertiary/aromatic N) is 2. The predicted molar refractivity (Wildman–Crippen MR) is 127 cm³/mol. The fourth-order valence-corrected chi connectivity index (χ4v) is 5.27. The quantitative estimate of drug-likeness (QED) is 0.472. The summed E-state index contributed by atoms with van der Waals surface area (Å²) in [6.45, 7) is 6.57. The van der Waals surface area contributed by atoms with E-state index < -0.39 is 0 Å². The van der Waals surface area contributed by atoms with Crippen LogP contribution in [0.5, 0.6) is 0 Å². The summed E-state index contributed by atoms with van der Waals surface area (Å²) < 4.78 is 0. The van der Waals surface area contributed by atoms with Crippen molar-refractivity contribution in [1.29, 1.82) is 0 Å². The van der Waals surface area contributed by atoms with Crippen LogP contribution in [0.2, 0.25) is 5.02 Å². The van der Waals surface area contributed by atoms with Gasteiger partial charge in [0.2, 0.25) is 5.91 Å². The average Bonchev–Trinajstić information content (AvgIpc) is 2.76. The fraction of sp³-hybridized carbons (Fsp3) is 0.640. The Balaban J connectivity index is 1.30. The number of piperidine rings is 1. The molecule has 1 aliphatic carbocycles. The van der Waals surface area contributed by atoms with E-state index in [2.05, 4.69) is 29.1 Å². The van der Waals surface area contributed by atoms with Crippen molar-refractivity contribution in [3.05, 3.63) is 40.9 Å². The molecule has 0 aromatic heterocycles. The molecule has 5 heteroatoms. The van der Waals surface area contributed by atoms with Crippen molar-refractivity contribution in [2.75, 3.05) is 33.2 Å². The smallest absolute Gasteiger partial charge is 0.244 e. The molecule has 1 saturated heterocycles. The summed E-state index contributed by atoms with van der Waals surface area (Å²) in [5.74, 6) is 0.786. The second-order valence-corrected chi connectivity index (χ2v) is 9.47. The normalized spacial score (nSPS) is 23.9. The third-order valence-electron chi connectivity index (χ3n) is 6.99. The first-order chi connectivity index (χ1) is 14.5.